The number of fused-ring (bicyclic) bond motifs is 2. The second kappa shape index (κ2) is 10.4. The summed E-state index contributed by atoms with van der Waals surface area (Å²) in [6, 6.07) is 15.6. The van der Waals surface area contributed by atoms with Gasteiger partial charge in [-0.05, 0) is 32.4 Å². The van der Waals surface area contributed by atoms with E-state index in [1.165, 1.54) is 11.8 Å². The molecule has 0 bridgehead atoms. The van der Waals surface area contributed by atoms with Gasteiger partial charge < -0.3 is 24.7 Å². The molecule has 0 aromatic heterocycles. The lowest BCUT2D eigenvalue weighted by atomic mass is 9.67. The molecule has 2 aromatic carbocycles. The van der Waals surface area contributed by atoms with Crippen LogP contribution in [0.25, 0.3) is 0 Å². The van der Waals surface area contributed by atoms with Gasteiger partial charge in [-0.3, -0.25) is 14.5 Å². The summed E-state index contributed by atoms with van der Waals surface area (Å²) >= 11 is 0. The van der Waals surface area contributed by atoms with Crippen molar-refractivity contribution in [3.05, 3.63) is 88.5 Å². The van der Waals surface area contributed by atoms with Crippen LogP contribution in [-0.2, 0) is 50.1 Å². The Morgan fingerprint density at radius 1 is 1.00 bits per heavy atom. The highest BCUT2D eigenvalue weighted by Gasteiger charge is 2.64. The van der Waals surface area contributed by atoms with Crippen molar-refractivity contribution in [1.29, 1.82) is 0 Å². The third kappa shape index (κ3) is 4.38. The number of anilines is 1. The Morgan fingerprint density at radius 2 is 1.66 bits per heavy atom. The van der Waals surface area contributed by atoms with Gasteiger partial charge in [0.15, 0.2) is 0 Å². The van der Waals surface area contributed by atoms with Crippen molar-refractivity contribution >= 4 is 29.5 Å². The number of hydrogen-bond donors (Lipinski definition) is 1. The predicted molar refractivity (Wildman–Crippen MR) is 135 cm³/mol. The molecule has 0 radical (unpaired) electrons. The van der Waals surface area contributed by atoms with E-state index in [2.05, 4.69) is 0 Å². The van der Waals surface area contributed by atoms with Crippen LogP contribution in [0.5, 0.6) is 0 Å². The molecule has 10 nitrogen and oxygen atoms in total. The maximum absolute atomic E-state index is 14.4. The Kier molecular flexibility index (Phi) is 7.25. The van der Waals surface area contributed by atoms with Crippen molar-refractivity contribution in [3.8, 4) is 0 Å². The van der Waals surface area contributed by atoms with Gasteiger partial charge in [-0.1, -0.05) is 48.5 Å². The van der Waals surface area contributed by atoms with E-state index in [9.17, 15) is 19.2 Å². The van der Waals surface area contributed by atoms with Crippen molar-refractivity contribution in [2.45, 2.75) is 38.9 Å². The topological polar surface area (TPSA) is 134 Å². The molecule has 2 N–H and O–H groups in total. The molecule has 0 fully saturated rings. The lowest BCUT2D eigenvalue weighted by Gasteiger charge is -2.36. The molecular formula is C28H28N2O8. The van der Waals surface area contributed by atoms with Crippen LogP contribution in [0.2, 0.25) is 0 Å². The van der Waals surface area contributed by atoms with Crippen LogP contribution in [0.1, 0.15) is 31.9 Å². The van der Waals surface area contributed by atoms with E-state index >= 15 is 0 Å². The Hall–Kier alpha value is -4.60. The molecule has 1 amide bonds. The quantitative estimate of drug-likeness (QED) is 0.432. The smallest absolute Gasteiger partial charge is 0.340 e. The van der Waals surface area contributed by atoms with Crippen LogP contribution in [0, 0.1) is 0 Å². The lowest BCUT2D eigenvalue weighted by Crippen LogP contribution is -2.51. The van der Waals surface area contributed by atoms with Crippen molar-refractivity contribution < 1.29 is 38.1 Å². The highest BCUT2D eigenvalue weighted by molar-refractivity contribution is 6.23. The highest BCUT2D eigenvalue weighted by Crippen LogP contribution is 2.54. The lowest BCUT2D eigenvalue weighted by molar-refractivity contribution is -0.145. The standard InChI is InChI=1S/C28H28N2O8/c1-16(2)37-26(33)22-17(3)38-24(29)23(25(32)35-4)28(22)19-12-8-9-13-20(19)30(27(28)34)14-21(31)36-15-18-10-6-5-7-11-18/h5-13,16H,14-15,29H2,1-4H3/t28-/m0/s1. The Bertz CT molecular complexity index is 1360. The third-order valence-corrected chi connectivity index (χ3v) is 6.24. The van der Waals surface area contributed by atoms with E-state index in [4.69, 9.17) is 24.7 Å². The Labute approximate surface area is 219 Å². The number of nitrogens with zero attached hydrogens (tertiary/aromatic N) is 1. The molecule has 38 heavy (non-hydrogen) atoms. The molecule has 2 heterocycles. The minimum atomic E-state index is -2.07. The summed E-state index contributed by atoms with van der Waals surface area (Å²) in [5.74, 6) is -3.71. The first-order valence-electron chi connectivity index (χ1n) is 11.9. The zero-order chi connectivity index (χ0) is 27.6. The molecule has 2 aromatic rings. The summed E-state index contributed by atoms with van der Waals surface area (Å²) in [6.45, 7) is 4.27. The number of nitrogens with two attached hydrogens (primary N) is 1. The molecule has 10 heteroatoms. The number of para-hydroxylation sites is 1. The van der Waals surface area contributed by atoms with E-state index < -0.39 is 47.8 Å². The van der Waals surface area contributed by atoms with Gasteiger partial charge in [0.2, 0.25) is 11.8 Å². The highest BCUT2D eigenvalue weighted by atomic mass is 16.6. The monoisotopic (exact) mass is 520 g/mol. The number of carbonyl (C=O) groups is 4. The van der Waals surface area contributed by atoms with Crippen LogP contribution in [0.3, 0.4) is 0 Å². The molecule has 1 spiro atoms. The van der Waals surface area contributed by atoms with Gasteiger partial charge in [0.1, 0.15) is 35.5 Å². The summed E-state index contributed by atoms with van der Waals surface area (Å²) < 4.78 is 21.4. The fourth-order valence-corrected chi connectivity index (χ4v) is 4.77. The summed E-state index contributed by atoms with van der Waals surface area (Å²) in [7, 11) is 1.12. The van der Waals surface area contributed by atoms with E-state index in [-0.39, 0.29) is 29.1 Å². The number of hydrogen-bond acceptors (Lipinski definition) is 9. The molecule has 2 aliphatic heterocycles. The maximum Gasteiger partial charge on any atom is 0.340 e. The molecule has 0 saturated carbocycles. The Balaban J connectivity index is 1.83. The van der Waals surface area contributed by atoms with E-state index in [0.717, 1.165) is 12.7 Å². The number of esters is 3. The first-order chi connectivity index (χ1) is 18.1. The van der Waals surface area contributed by atoms with Crippen LogP contribution < -0.4 is 10.6 Å². The van der Waals surface area contributed by atoms with Crippen molar-refractivity contribution in [2.24, 2.45) is 5.73 Å². The molecule has 2 aliphatic rings. The minimum Gasteiger partial charge on any atom is -0.465 e. The fourth-order valence-electron chi connectivity index (χ4n) is 4.77. The SMILES string of the molecule is COC(=O)C1=C(N)OC(C)=C(C(=O)OC(C)C)[C@]12C(=O)N(CC(=O)OCc1ccccc1)c1ccccc12. The maximum atomic E-state index is 14.4. The van der Waals surface area contributed by atoms with Crippen LogP contribution in [0.4, 0.5) is 5.69 Å². The van der Waals surface area contributed by atoms with Crippen LogP contribution >= 0.6 is 0 Å². The van der Waals surface area contributed by atoms with Crippen molar-refractivity contribution in [2.75, 3.05) is 18.6 Å². The average Bonchev–Trinajstić information content (AvgIpc) is 3.10. The molecule has 1 atom stereocenters. The van der Waals surface area contributed by atoms with Gasteiger partial charge in [0.05, 0.1) is 13.2 Å². The van der Waals surface area contributed by atoms with Gasteiger partial charge in [0.25, 0.3) is 0 Å². The average molecular weight is 521 g/mol. The summed E-state index contributed by atoms with van der Waals surface area (Å²) in [4.78, 5) is 55.0. The molecule has 198 valence electrons. The number of benzene rings is 2. The van der Waals surface area contributed by atoms with Gasteiger partial charge in [0, 0.05) is 11.3 Å². The van der Waals surface area contributed by atoms with Gasteiger partial charge in [-0.25, -0.2) is 9.59 Å². The normalized spacial score (nSPS) is 18.4. The molecular weight excluding hydrogens is 492 g/mol. The largest absolute Gasteiger partial charge is 0.465 e. The third-order valence-electron chi connectivity index (χ3n) is 6.24. The Morgan fingerprint density at radius 3 is 2.32 bits per heavy atom. The van der Waals surface area contributed by atoms with E-state index in [1.54, 1.807) is 50.2 Å². The molecule has 4 rings (SSSR count). The van der Waals surface area contributed by atoms with Crippen molar-refractivity contribution in [3.63, 3.8) is 0 Å². The van der Waals surface area contributed by atoms with E-state index in [1.807, 2.05) is 18.2 Å². The van der Waals surface area contributed by atoms with Crippen LogP contribution in [-0.4, -0.2) is 43.6 Å². The summed E-state index contributed by atoms with van der Waals surface area (Å²) in [6.07, 6.45) is -0.541. The first kappa shape index (κ1) is 26.5. The van der Waals surface area contributed by atoms with E-state index in [0.29, 0.717) is 5.69 Å². The predicted octanol–water partition coefficient (Wildman–Crippen LogP) is 2.61. The molecule has 0 unspecified atom stereocenters. The fraction of sp³-hybridized carbons (Fsp3) is 0.286. The number of allylic oxidation sites excluding steroid dienone is 1. The van der Waals surface area contributed by atoms with Crippen LogP contribution in [0.15, 0.2) is 77.4 Å². The first-order valence-corrected chi connectivity index (χ1v) is 11.9. The molecule has 0 saturated heterocycles. The number of ether oxygens (including phenoxy) is 4. The second-order valence-electron chi connectivity index (χ2n) is 9.02. The summed E-state index contributed by atoms with van der Waals surface area (Å²) in [5, 5.41) is 0. The minimum absolute atomic E-state index is 0.00751. The number of carbonyl (C=O) groups excluding carboxylic acids is 4. The summed E-state index contributed by atoms with van der Waals surface area (Å²) in [5.41, 5.74) is 4.81. The zero-order valence-corrected chi connectivity index (χ0v) is 21.5. The second-order valence-corrected chi connectivity index (χ2v) is 9.02. The van der Waals surface area contributed by atoms with Crippen molar-refractivity contribution in [1.82, 2.24) is 0 Å². The number of methoxy groups -OCH3 is 1. The molecule has 0 aliphatic carbocycles. The van der Waals surface area contributed by atoms with Gasteiger partial charge in [-0.2, -0.15) is 0 Å². The van der Waals surface area contributed by atoms with Gasteiger partial charge in [-0.15, -0.1) is 0 Å². The number of amides is 1. The zero-order valence-electron chi connectivity index (χ0n) is 21.5. The number of rotatable bonds is 7. The van der Waals surface area contributed by atoms with Gasteiger partial charge >= 0.3 is 17.9 Å².